The molecule has 6 heteroatoms. The molecule has 5 N–H and O–H groups in total. The van der Waals surface area contributed by atoms with E-state index < -0.39 is 10.0 Å². The highest BCUT2D eigenvalue weighted by Crippen LogP contribution is 2.25. The summed E-state index contributed by atoms with van der Waals surface area (Å²) in [5.41, 5.74) is 7.07. The van der Waals surface area contributed by atoms with Gasteiger partial charge in [-0.25, -0.2) is 13.6 Å². The standard InChI is InChI=1S/C12H21N3O2S/c1-4-12(2,3)8-15-11-6-5-9(7-10(11)13)18(14,16)17/h5-7,15H,4,8,13H2,1-3H3,(H2,14,16,17). The van der Waals surface area contributed by atoms with Crippen molar-refractivity contribution in [3.05, 3.63) is 18.2 Å². The molecule has 0 amide bonds. The van der Waals surface area contributed by atoms with Gasteiger partial charge in [0.2, 0.25) is 10.0 Å². The molecule has 1 rings (SSSR count). The largest absolute Gasteiger partial charge is 0.397 e. The Labute approximate surface area is 109 Å². The summed E-state index contributed by atoms with van der Waals surface area (Å²) >= 11 is 0. The highest BCUT2D eigenvalue weighted by atomic mass is 32.2. The number of primary sulfonamides is 1. The second-order valence-electron chi connectivity index (χ2n) is 5.17. The van der Waals surface area contributed by atoms with Gasteiger partial charge in [0.15, 0.2) is 0 Å². The Morgan fingerprint density at radius 3 is 2.39 bits per heavy atom. The summed E-state index contributed by atoms with van der Waals surface area (Å²) in [6.07, 6.45) is 1.04. The van der Waals surface area contributed by atoms with Crippen LogP contribution in [0.15, 0.2) is 23.1 Å². The highest BCUT2D eigenvalue weighted by Gasteiger charge is 2.16. The zero-order valence-corrected chi connectivity index (χ0v) is 11.8. The topological polar surface area (TPSA) is 98.2 Å². The molecule has 0 fully saturated rings. The Morgan fingerprint density at radius 1 is 1.33 bits per heavy atom. The second-order valence-corrected chi connectivity index (χ2v) is 6.73. The molecule has 0 heterocycles. The van der Waals surface area contributed by atoms with Crippen molar-refractivity contribution in [1.82, 2.24) is 0 Å². The highest BCUT2D eigenvalue weighted by molar-refractivity contribution is 7.89. The van der Waals surface area contributed by atoms with Crippen molar-refractivity contribution in [2.45, 2.75) is 32.1 Å². The van der Waals surface area contributed by atoms with Crippen LogP contribution in [0.5, 0.6) is 0 Å². The number of nitrogens with one attached hydrogen (secondary N) is 1. The van der Waals surface area contributed by atoms with Crippen molar-refractivity contribution in [2.24, 2.45) is 10.6 Å². The first kappa shape index (κ1) is 14.8. The maximum Gasteiger partial charge on any atom is 0.238 e. The first-order valence-electron chi connectivity index (χ1n) is 5.82. The van der Waals surface area contributed by atoms with Gasteiger partial charge in [-0.15, -0.1) is 0 Å². The lowest BCUT2D eigenvalue weighted by atomic mass is 9.90. The van der Waals surface area contributed by atoms with E-state index in [1.807, 2.05) is 0 Å². The zero-order chi connectivity index (χ0) is 14.0. The van der Waals surface area contributed by atoms with Crippen LogP contribution >= 0.6 is 0 Å². The number of nitrogen functional groups attached to an aromatic ring is 1. The molecule has 18 heavy (non-hydrogen) atoms. The third kappa shape index (κ3) is 3.89. The fourth-order valence-electron chi connectivity index (χ4n) is 1.34. The van der Waals surface area contributed by atoms with Gasteiger partial charge in [-0.05, 0) is 30.0 Å². The summed E-state index contributed by atoms with van der Waals surface area (Å²) in [6.45, 7) is 7.18. The Kier molecular flexibility index (Phi) is 4.24. The van der Waals surface area contributed by atoms with Crippen LogP contribution in [0.25, 0.3) is 0 Å². The molecule has 0 aliphatic rings. The predicted octanol–water partition coefficient (Wildman–Crippen LogP) is 1.76. The monoisotopic (exact) mass is 271 g/mol. The SMILES string of the molecule is CCC(C)(C)CNc1ccc(S(N)(=O)=O)cc1N. The van der Waals surface area contributed by atoms with E-state index in [0.717, 1.165) is 18.7 Å². The first-order chi connectivity index (χ1) is 8.15. The third-order valence-corrected chi connectivity index (χ3v) is 3.98. The van der Waals surface area contributed by atoms with Gasteiger partial charge < -0.3 is 11.1 Å². The van der Waals surface area contributed by atoms with Crippen LogP contribution in [0.1, 0.15) is 27.2 Å². The average Bonchev–Trinajstić information content (AvgIpc) is 2.26. The number of sulfonamides is 1. The summed E-state index contributed by atoms with van der Waals surface area (Å²) in [4.78, 5) is 0.0281. The third-order valence-electron chi connectivity index (χ3n) is 3.07. The smallest absolute Gasteiger partial charge is 0.238 e. The van der Waals surface area contributed by atoms with Gasteiger partial charge in [0.25, 0.3) is 0 Å². The molecule has 1 aromatic carbocycles. The molecular weight excluding hydrogens is 250 g/mol. The molecule has 0 spiro atoms. The molecule has 0 aliphatic heterocycles. The molecule has 0 atom stereocenters. The van der Waals surface area contributed by atoms with Gasteiger partial charge in [0.1, 0.15) is 0 Å². The van der Waals surface area contributed by atoms with Crippen molar-refractivity contribution in [3.63, 3.8) is 0 Å². The Morgan fingerprint density at radius 2 is 1.94 bits per heavy atom. The van der Waals surface area contributed by atoms with Crippen molar-refractivity contribution in [2.75, 3.05) is 17.6 Å². The molecule has 0 aromatic heterocycles. The molecule has 1 aromatic rings. The van der Waals surface area contributed by atoms with Crippen molar-refractivity contribution in [1.29, 1.82) is 0 Å². The van der Waals surface area contributed by atoms with Crippen LogP contribution in [0.4, 0.5) is 11.4 Å². The second kappa shape index (κ2) is 5.16. The van der Waals surface area contributed by atoms with Crippen LogP contribution in [0, 0.1) is 5.41 Å². The van der Waals surface area contributed by atoms with Gasteiger partial charge in [0, 0.05) is 6.54 Å². The minimum atomic E-state index is -3.70. The lowest BCUT2D eigenvalue weighted by Gasteiger charge is -2.24. The van der Waals surface area contributed by atoms with Crippen LogP contribution < -0.4 is 16.2 Å². The van der Waals surface area contributed by atoms with E-state index >= 15 is 0 Å². The fourth-order valence-corrected chi connectivity index (χ4v) is 1.89. The first-order valence-corrected chi connectivity index (χ1v) is 7.36. The van der Waals surface area contributed by atoms with E-state index in [0.29, 0.717) is 5.69 Å². The van der Waals surface area contributed by atoms with Gasteiger partial charge in [-0.2, -0.15) is 0 Å². The normalized spacial score (nSPS) is 12.4. The minimum absolute atomic E-state index is 0.0281. The molecule has 5 nitrogen and oxygen atoms in total. The van der Waals surface area contributed by atoms with Gasteiger partial charge in [0.05, 0.1) is 16.3 Å². The lowest BCUT2D eigenvalue weighted by Crippen LogP contribution is -2.22. The fraction of sp³-hybridized carbons (Fsp3) is 0.500. The summed E-state index contributed by atoms with van der Waals surface area (Å²) in [6, 6.07) is 4.46. The molecular formula is C12H21N3O2S. The number of benzene rings is 1. The Bertz CT molecular complexity index is 524. The molecule has 0 unspecified atom stereocenters. The minimum Gasteiger partial charge on any atom is -0.397 e. The van der Waals surface area contributed by atoms with E-state index in [1.54, 1.807) is 6.07 Å². The molecule has 0 saturated carbocycles. The quantitative estimate of drug-likeness (QED) is 0.711. The summed E-state index contributed by atoms with van der Waals surface area (Å²) in [5, 5.41) is 8.26. The number of hydrogen-bond acceptors (Lipinski definition) is 4. The zero-order valence-electron chi connectivity index (χ0n) is 11.0. The Balaban J connectivity index is 2.88. The lowest BCUT2D eigenvalue weighted by molar-refractivity contribution is 0.377. The van der Waals surface area contributed by atoms with Crippen LogP contribution in [-0.2, 0) is 10.0 Å². The van der Waals surface area contributed by atoms with Crippen molar-refractivity contribution in [3.8, 4) is 0 Å². The van der Waals surface area contributed by atoms with E-state index in [9.17, 15) is 8.42 Å². The average molecular weight is 271 g/mol. The van der Waals surface area contributed by atoms with E-state index in [4.69, 9.17) is 10.9 Å². The summed E-state index contributed by atoms with van der Waals surface area (Å²) in [7, 11) is -3.70. The molecule has 0 bridgehead atoms. The van der Waals surface area contributed by atoms with E-state index in [2.05, 4.69) is 26.1 Å². The summed E-state index contributed by atoms with van der Waals surface area (Å²) < 4.78 is 22.3. The maximum atomic E-state index is 11.2. The maximum absolute atomic E-state index is 11.2. The van der Waals surface area contributed by atoms with E-state index in [1.165, 1.54) is 12.1 Å². The van der Waals surface area contributed by atoms with Crippen LogP contribution in [0.2, 0.25) is 0 Å². The number of hydrogen-bond donors (Lipinski definition) is 3. The van der Waals surface area contributed by atoms with Gasteiger partial charge in [-0.1, -0.05) is 20.8 Å². The van der Waals surface area contributed by atoms with Crippen molar-refractivity contribution >= 4 is 21.4 Å². The molecule has 102 valence electrons. The number of nitrogens with two attached hydrogens (primary N) is 2. The molecule has 0 aliphatic carbocycles. The van der Waals surface area contributed by atoms with Crippen molar-refractivity contribution < 1.29 is 8.42 Å². The molecule has 0 radical (unpaired) electrons. The van der Waals surface area contributed by atoms with Gasteiger partial charge in [-0.3, -0.25) is 0 Å². The van der Waals surface area contributed by atoms with Crippen LogP contribution in [0.3, 0.4) is 0 Å². The predicted molar refractivity (Wildman–Crippen MR) is 74.8 cm³/mol. The van der Waals surface area contributed by atoms with E-state index in [-0.39, 0.29) is 10.3 Å². The molecule has 0 saturated heterocycles. The number of rotatable bonds is 5. The van der Waals surface area contributed by atoms with Crippen LogP contribution in [-0.4, -0.2) is 15.0 Å². The van der Waals surface area contributed by atoms with Gasteiger partial charge >= 0.3 is 0 Å². The summed E-state index contributed by atoms with van der Waals surface area (Å²) in [5.74, 6) is 0. The Hall–Kier alpha value is -1.27. The number of anilines is 2.